The Bertz CT molecular complexity index is 780. The van der Waals surface area contributed by atoms with Gasteiger partial charge in [-0.2, -0.15) is 0 Å². The van der Waals surface area contributed by atoms with Gasteiger partial charge in [0.25, 0.3) is 0 Å². The molecule has 0 aromatic rings. The lowest BCUT2D eigenvalue weighted by Gasteiger charge is -2.37. The van der Waals surface area contributed by atoms with E-state index in [4.69, 9.17) is 4.74 Å². The summed E-state index contributed by atoms with van der Waals surface area (Å²) < 4.78 is 4.82. The van der Waals surface area contributed by atoms with Gasteiger partial charge in [0, 0.05) is 36.3 Å². The fourth-order valence-electron chi connectivity index (χ4n) is 5.47. The van der Waals surface area contributed by atoms with Gasteiger partial charge in [-0.25, -0.2) is 0 Å². The van der Waals surface area contributed by atoms with E-state index in [1.54, 1.807) is 33.7 Å². The number of esters is 1. The fourth-order valence-corrected chi connectivity index (χ4v) is 9.06. The summed E-state index contributed by atoms with van der Waals surface area (Å²) in [4.78, 5) is 44.2. The zero-order valence-corrected chi connectivity index (χ0v) is 21.7. The number of aliphatic hydroxyl groups is 1. The number of likely N-dealkylation sites (tertiary alicyclic amines) is 1. The number of thioether (sulfide) groups is 1. The van der Waals surface area contributed by atoms with Gasteiger partial charge < -0.3 is 19.6 Å². The van der Waals surface area contributed by atoms with Crippen LogP contribution in [0.1, 0.15) is 39.0 Å². The van der Waals surface area contributed by atoms with E-state index in [0.29, 0.717) is 32.4 Å². The van der Waals surface area contributed by atoms with Gasteiger partial charge in [0.05, 0.1) is 23.2 Å². The number of fused-ring (bicyclic) bond motifs is 1. The minimum atomic E-state index is -0.684. The molecule has 3 aliphatic rings. The van der Waals surface area contributed by atoms with E-state index in [2.05, 4.69) is 36.0 Å². The number of alkyl halides is 1. The van der Waals surface area contributed by atoms with Crippen LogP contribution >= 0.6 is 27.7 Å². The summed E-state index contributed by atoms with van der Waals surface area (Å²) in [5, 5.41) is 9.32. The maximum absolute atomic E-state index is 13.9. The third-order valence-corrected chi connectivity index (χ3v) is 10.1. The van der Waals surface area contributed by atoms with Crippen LogP contribution < -0.4 is 0 Å². The normalized spacial score (nSPS) is 32.0. The summed E-state index contributed by atoms with van der Waals surface area (Å²) in [6, 6.07) is -0.667. The van der Waals surface area contributed by atoms with E-state index in [0.717, 1.165) is 12.8 Å². The number of carbonyl (C=O) groups is 3. The zero-order chi connectivity index (χ0) is 24.2. The topological polar surface area (TPSA) is 87.1 Å². The monoisotopic (exact) mass is 542 g/mol. The largest absolute Gasteiger partial charge is 0.465 e. The van der Waals surface area contributed by atoms with Crippen molar-refractivity contribution in [2.24, 2.45) is 11.8 Å². The quantitative estimate of drug-likeness (QED) is 0.166. The van der Waals surface area contributed by atoms with Crippen LogP contribution in [0.5, 0.6) is 0 Å². The van der Waals surface area contributed by atoms with Crippen LogP contribution in [0.3, 0.4) is 0 Å². The molecule has 2 amide bonds. The number of aliphatic hydroxyl groups excluding tert-OH is 1. The maximum atomic E-state index is 13.9. The maximum Gasteiger partial charge on any atom is 0.310 e. The van der Waals surface area contributed by atoms with Crippen molar-refractivity contribution in [2.75, 3.05) is 32.8 Å². The first-order valence-electron chi connectivity index (χ1n) is 11.8. The molecule has 1 spiro atoms. The standard InChI is InChI=1S/C24H35BrN2O5S/c1-4-7-11-26(10-6-3)22(30)20-24-15-16(25)19(33-24)17(23(31)32-14-8-5-2)18(24)21(29)27(20)12-9-13-28/h5-6,16-20,28H,2-4,7-15H2,1H3/t16?,17-,18-,19-,20?,24?/m0/s1. The molecule has 1 N–H and O–H groups in total. The highest BCUT2D eigenvalue weighted by Crippen LogP contribution is 2.68. The molecule has 0 aromatic heterocycles. The Labute approximate surface area is 209 Å². The summed E-state index contributed by atoms with van der Waals surface area (Å²) in [6.07, 6.45) is 6.78. The molecule has 0 saturated carbocycles. The molecule has 3 saturated heterocycles. The third kappa shape index (κ3) is 4.78. The van der Waals surface area contributed by atoms with Crippen LogP contribution in [0.2, 0.25) is 0 Å². The Morgan fingerprint density at radius 1 is 1.36 bits per heavy atom. The van der Waals surface area contributed by atoms with E-state index < -0.39 is 22.6 Å². The molecule has 0 radical (unpaired) electrons. The van der Waals surface area contributed by atoms with Crippen LogP contribution in [0.4, 0.5) is 0 Å². The van der Waals surface area contributed by atoms with Crippen molar-refractivity contribution in [1.29, 1.82) is 0 Å². The van der Waals surface area contributed by atoms with Crippen LogP contribution in [-0.4, -0.2) is 86.4 Å². The molecule has 3 fully saturated rings. The van der Waals surface area contributed by atoms with E-state index in [-0.39, 0.29) is 47.6 Å². The fraction of sp³-hybridized carbons (Fsp3) is 0.708. The van der Waals surface area contributed by atoms with Crippen LogP contribution in [0.25, 0.3) is 0 Å². The number of rotatable bonds is 13. The minimum absolute atomic E-state index is 0.0140. The van der Waals surface area contributed by atoms with Crippen molar-refractivity contribution in [2.45, 2.75) is 59.9 Å². The number of hydrogen-bond acceptors (Lipinski definition) is 6. The molecule has 3 unspecified atom stereocenters. The van der Waals surface area contributed by atoms with Crippen molar-refractivity contribution in [3.8, 4) is 0 Å². The van der Waals surface area contributed by atoms with Gasteiger partial charge in [-0.3, -0.25) is 14.4 Å². The molecule has 0 aromatic carbocycles. The second-order valence-electron chi connectivity index (χ2n) is 8.94. The first-order chi connectivity index (χ1) is 15.9. The number of hydrogen-bond donors (Lipinski definition) is 1. The number of ether oxygens (including phenoxy) is 1. The van der Waals surface area contributed by atoms with E-state index in [9.17, 15) is 19.5 Å². The van der Waals surface area contributed by atoms with Gasteiger partial charge in [-0.05, 0) is 25.7 Å². The van der Waals surface area contributed by atoms with Crippen molar-refractivity contribution in [3.05, 3.63) is 25.3 Å². The van der Waals surface area contributed by atoms with Crippen molar-refractivity contribution in [1.82, 2.24) is 9.80 Å². The van der Waals surface area contributed by atoms with Gasteiger partial charge in [0.15, 0.2) is 0 Å². The van der Waals surface area contributed by atoms with Crippen molar-refractivity contribution >= 4 is 45.5 Å². The predicted molar refractivity (Wildman–Crippen MR) is 133 cm³/mol. The summed E-state index contributed by atoms with van der Waals surface area (Å²) >= 11 is 5.34. The molecule has 2 bridgehead atoms. The average molecular weight is 544 g/mol. The second-order valence-corrected chi connectivity index (χ2v) is 11.7. The lowest BCUT2D eigenvalue weighted by atomic mass is 9.71. The Hall–Kier alpha value is -1.32. The highest BCUT2D eigenvalue weighted by molar-refractivity contribution is 9.09. The average Bonchev–Trinajstić information content (AvgIpc) is 3.38. The summed E-state index contributed by atoms with van der Waals surface area (Å²) in [5.74, 6) is -1.82. The summed E-state index contributed by atoms with van der Waals surface area (Å²) in [7, 11) is 0. The third-order valence-electron chi connectivity index (χ3n) is 6.86. The summed E-state index contributed by atoms with van der Waals surface area (Å²) in [6.45, 7) is 11.0. The molecular formula is C24H35BrN2O5S. The molecule has 0 aliphatic carbocycles. The molecule has 3 aliphatic heterocycles. The van der Waals surface area contributed by atoms with Gasteiger partial charge >= 0.3 is 5.97 Å². The smallest absolute Gasteiger partial charge is 0.310 e. The Morgan fingerprint density at radius 3 is 2.76 bits per heavy atom. The SMILES string of the molecule is C=CCCOC(=O)[C@H]1[C@H]2C(=O)N(CCCO)C(C(=O)N(CC=C)CCCC)C23CC(Br)[C@@H]1S3. The van der Waals surface area contributed by atoms with Crippen LogP contribution in [0.15, 0.2) is 25.3 Å². The lowest BCUT2D eigenvalue weighted by molar-refractivity contribution is -0.154. The van der Waals surface area contributed by atoms with Gasteiger partial charge in [0.1, 0.15) is 6.04 Å². The number of halogens is 1. The molecule has 9 heteroatoms. The minimum Gasteiger partial charge on any atom is -0.465 e. The first-order valence-corrected chi connectivity index (χ1v) is 13.6. The molecule has 3 heterocycles. The summed E-state index contributed by atoms with van der Waals surface area (Å²) in [5.41, 5.74) is 0. The van der Waals surface area contributed by atoms with Crippen molar-refractivity contribution < 1.29 is 24.2 Å². The molecule has 6 atom stereocenters. The molecule has 33 heavy (non-hydrogen) atoms. The van der Waals surface area contributed by atoms with Gasteiger partial charge in [-0.15, -0.1) is 24.9 Å². The van der Waals surface area contributed by atoms with E-state index in [1.807, 2.05) is 0 Å². The molecule has 184 valence electrons. The number of amides is 2. The van der Waals surface area contributed by atoms with Crippen LogP contribution in [0, 0.1) is 11.8 Å². The number of unbranched alkanes of at least 4 members (excludes halogenated alkanes) is 1. The van der Waals surface area contributed by atoms with E-state index >= 15 is 0 Å². The first kappa shape index (κ1) is 26.3. The lowest BCUT2D eigenvalue weighted by Crippen LogP contribution is -2.55. The predicted octanol–water partition coefficient (Wildman–Crippen LogP) is 2.77. The number of nitrogens with zero attached hydrogens (tertiary/aromatic N) is 2. The second kappa shape index (κ2) is 11.4. The van der Waals surface area contributed by atoms with Crippen molar-refractivity contribution in [3.63, 3.8) is 0 Å². The molecule has 7 nitrogen and oxygen atoms in total. The van der Waals surface area contributed by atoms with Gasteiger partial charge in [0.2, 0.25) is 11.8 Å². The Kier molecular flexibility index (Phi) is 9.08. The van der Waals surface area contributed by atoms with Gasteiger partial charge in [-0.1, -0.05) is 41.4 Å². The van der Waals surface area contributed by atoms with Crippen LogP contribution in [-0.2, 0) is 19.1 Å². The zero-order valence-electron chi connectivity index (χ0n) is 19.3. The molecule has 3 rings (SSSR count). The Balaban J connectivity index is 1.97. The highest BCUT2D eigenvalue weighted by atomic mass is 79.9. The molecular weight excluding hydrogens is 508 g/mol. The highest BCUT2D eigenvalue weighted by Gasteiger charge is 2.76. The number of carbonyl (C=O) groups excluding carboxylic acids is 3. The Morgan fingerprint density at radius 2 is 2.12 bits per heavy atom. The van der Waals surface area contributed by atoms with E-state index in [1.165, 1.54) is 0 Å².